The van der Waals surface area contributed by atoms with Crippen LogP contribution in [0.15, 0.2) is 90.6 Å². The van der Waals surface area contributed by atoms with Crippen molar-refractivity contribution in [1.82, 2.24) is 19.3 Å². The molecule has 3 aromatic heterocycles. The molecule has 6 aromatic rings. The van der Waals surface area contributed by atoms with Gasteiger partial charge in [-0.25, -0.2) is 9.67 Å². The summed E-state index contributed by atoms with van der Waals surface area (Å²) >= 11 is 0. The van der Waals surface area contributed by atoms with Gasteiger partial charge in [-0.05, 0) is 110 Å². The van der Waals surface area contributed by atoms with Gasteiger partial charge in [-0.3, -0.25) is 4.57 Å². The van der Waals surface area contributed by atoms with Crippen molar-refractivity contribution >= 4 is 21.8 Å². The maximum Gasteiger partial charge on any atom is 0.137 e. The first-order valence-electron chi connectivity index (χ1n) is 19.1. The number of pyridine rings is 1. The standard InChI is InChI=1S/C46H54N4O/c1-10-11-15-41-45(44-32(8)21-31(7)22-33(44)9)46(29(4)5)48-50(41)35-24-34(28(2)3)25-37(26-35)51-36-17-18-39-38-14-12-13-16-40(38)49(42(39)27-36)43-23-30(6)19-20-47-43/h12-14,16-21,23-29,31,33,44H,10-11,15,22H2,1-9H3/t31-,33-,44?/m0/s1. The van der Waals surface area contributed by atoms with Crippen molar-refractivity contribution < 1.29 is 4.74 Å². The Bertz CT molecular complexity index is 2230. The summed E-state index contributed by atoms with van der Waals surface area (Å²) in [5.74, 6) is 4.76. The Morgan fingerprint density at radius 3 is 2.35 bits per heavy atom. The van der Waals surface area contributed by atoms with Gasteiger partial charge >= 0.3 is 0 Å². The molecular weight excluding hydrogens is 625 g/mol. The first-order chi connectivity index (χ1) is 24.5. The topological polar surface area (TPSA) is 44.9 Å². The Kier molecular flexibility index (Phi) is 9.67. The van der Waals surface area contributed by atoms with Gasteiger partial charge in [-0.15, -0.1) is 0 Å². The molecule has 0 N–H and O–H groups in total. The fourth-order valence-electron chi connectivity index (χ4n) is 8.51. The molecule has 1 aliphatic carbocycles. The van der Waals surface area contributed by atoms with Crippen LogP contribution in [-0.4, -0.2) is 19.3 Å². The van der Waals surface area contributed by atoms with Gasteiger partial charge in [-0.2, -0.15) is 5.10 Å². The van der Waals surface area contributed by atoms with Gasteiger partial charge in [0.1, 0.15) is 17.3 Å². The molecule has 1 aliphatic rings. The van der Waals surface area contributed by atoms with Crippen LogP contribution in [0.4, 0.5) is 0 Å². The fourth-order valence-corrected chi connectivity index (χ4v) is 8.51. The predicted octanol–water partition coefficient (Wildman–Crippen LogP) is 12.8. The molecule has 7 rings (SSSR count). The van der Waals surface area contributed by atoms with E-state index >= 15 is 0 Å². The van der Waals surface area contributed by atoms with E-state index in [4.69, 9.17) is 14.8 Å². The molecule has 0 spiro atoms. The second-order valence-corrected chi connectivity index (χ2v) is 15.7. The smallest absolute Gasteiger partial charge is 0.137 e. The highest BCUT2D eigenvalue weighted by Gasteiger charge is 2.34. The minimum Gasteiger partial charge on any atom is -0.457 e. The molecule has 0 saturated heterocycles. The third-order valence-electron chi connectivity index (χ3n) is 10.9. The van der Waals surface area contributed by atoms with E-state index in [0.29, 0.717) is 29.6 Å². The highest BCUT2D eigenvalue weighted by atomic mass is 16.5. The lowest BCUT2D eigenvalue weighted by Gasteiger charge is -2.33. The van der Waals surface area contributed by atoms with Crippen molar-refractivity contribution in [2.24, 2.45) is 11.8 Å². The summed E-state index contributed by atoms with van der Waals surface area (Å²) in [6, 6.07) is 25.9. The number of aryl methyl sites for hydroxylation is 1. The minimum atomic E-state index is 0.325. The second kappa shape index (κ2) is 14.2. The average Bonchev–Trinajstić information content (AvgIpc) is 3.62. The summed E-state index contributed by atoms with van der Waals surface area (Å²) < 4.78 is 11.4. The van der Waals surface area contributed by atoms with E-state index in [1.165, 1.54) is 50.8 Å². The first kappa shape index (κ1) is 34.8. The van der Waals surface area contributed by atoms with Crippen LogP contribution >= 0.6 is 0 Å². The number of hydrogen-bond donors (Lipinski definition) is 0. The number of allylic oxidation sites excluding steroid dienone is 2. The summed E-state index contributed by atoms with van der Waals surface area (Å²) in [6.45, 7) is 20.7. The van der Waals surface area contributed by atoms with Crippen molar-refractivity contribution in [1.29, 1.82) is 0 Å². The number of ether oxygens (including phenoxy) is 1. The first-order valence-corrected chi connectivity index (χ1v) is 19.1. The molecule has 0 radical (unpaired) electrons. The maximum absolute atomic E-state index is 6.83. The lowest BCUT2D eigenvalue weighted by atomic mass is 9.71. The summed E-state index contributed by atoms with van der Waals surface area (Å²) in [7, 11) is 0. The zero-order chi connectivity index (χ0) is 36.0. The van der Waals surface area contributed by atoms with Crippen molar-refractivity contribution in [3.8, 4) is 23.0 Å². The monoisotopic (exact) mass is 678 g/mol. The van der Waals surface area contributed by atoms with Gasteiger partial charge in [0.2, 0.25) is 0 Å². The van der Waals surface area contributed by atoms with Gasteiger partial charge in [0.25, 0.3) is 0 Å². The van der Waals surface area contributed by atoms with Crippen LogP contribution in [0.25, 0.3) is 33.3 Å². The maximum atomic E-state index is 6.83. The van der Waals surface area contributed by atoms with E-state index in [2.05, 4.69) is 144 Å². The van der Waals surface area contributed by atoms with E-state index in [1.54, 1.807) is 0 Å². The van der Waals surface area contributed by atoms with Gasteiger partial charge in [-0.1, -0.05) is 84.7 Å². The van der Waals surface area contributed by atoms with E-state index < -0.39 is 0 Å². The predicted molar refractivity (Wildman–Crippen MR) is 213 cm³/mol. The third-order valence-corrected chi connectivity index (χ3v) is 10.9. The average molecular weight is 679 g/mol. The molecule has 0 aliphatic heterocycles. The SMILES string of the molecule is CCCCc1c(C2C(C)=C[C@H](C)C[C@@H]2C)c(C(C)C)nn1-c1cc(Oc2ccc3c4ccccc4n(-c4cc(C)ccn4)c3c2)cc(C(C)C)c1. The molecule has 0 bridgehead atoms. The Hall–Kier alpha value is -4.64. The zero-order valence-corrected chi connectivity index (χ0v) is 32.0. The van der Waals surface area contributed by atoms with E-state index in [1.807, 2.05) is 12.3 Å². The van der Waals surface area contributed by atoms with E-state index in [9.17, 15) is 0 Å². The number of hydrogen-bond acceptors (Lipinski definition) is 3. The number of para-hydroxylation sites is 1. The van der Waals surface area contributed by atoms with Gasteiger partial charge in [0.15, 0.2) is 0 Å². The van der Waals surface area contributed by atoms with Crippen molar-refractivity contribution in [2.75, 3.05) is 0 Å². The summed E-state index contributed by atoms with van der Waals surface area (Å²) in [5.41, 5.74) is 11.3. The Balaban J connectivity index is 1.37. The van der Waals surface area contributed by atoms with Crippen LogP contribution < -0.4 is 4.74 Å². The molecule has 264 valence electrons. The molecule has 3 aromatic carbocycles. The summed E-state index contributed by atoms with van der Waals surface area (Å²) in [6.07, 6.45) is 8.89. The molecule has 0 amide bonds. The molecule has 0 fully saturated rings. The number of unbranched alkanes of at least 4 members (excludes halogenated alkanes) is 1. The number of aromatic nitrogens is 4. The van der Waals surface area contributed by atoms with Gasteiger partial charge < -0.3 is 4.74 Å². The fraction of sp³-hybridized carbons (Fsp3) is 0.391. The Morgan fingerprint density at radius 2 is 1.63 bits per heavy atom. The highest BCUT2D eigenvalue weighted by molar-refractivity contribution is 6.09. The van der Waals surface area contributed by atoms with Gasteiger partial charge in [0, 0.05) is 46.3 Å². The van der Waals surface area contributed by atoms with Crippen LogP contribution in [0.1, 0.15) is 120 Å². The number of fused-ring (bicyclic) bond motifs is 3. The number of rotatable bonds is 10. The number of nitrogens with zero attached hydrogens (tertiary/aromatic N) is 4. The van der Waals surface area contributed by atoms with Crippen LogP contribution in [0.3, 0.4) is 0 Å². The minimum absolute atomic E-state index is 0.325. The van der Waals surface area contributed by atoms with E-state index in [-0.39, 0.29) is 0 Å². The normalized spacial score (nSPS) is 17.9. The summed E-state index contributed by atoms with van der Waals surface area (Å²) in [5, 5.41) is 7.87. The lowest BCUT2D eigenvalue weighted by Crippen LogP contribution is -2.21. The van der Waals surface area contributed by atoms with Gasteiger partial charge in [0.05, 0.1) is 22.4 Å². The van der Waals surface area contributed by atoms with Crippen LogP contribution in [-0.2, 0) is 6.42 Å². The zero-order valence-electron chi connectivity index (χ0n) is 32.0. The van der Waals surface area contributed by atoms with Crippen molar-refractivity contribution in [3.63, 3.8) is 0 Å². The Morgan fingerprint density at radius 1 is 0.843 bits per heavy atom. The number of benzene rings is 3. The molecule has 51 heavy (non-hydrogen) atoms. The molecule has 5 heteroatoms. The molecule has 5 nitrogen and oxygen atoms in total. The van der Waals surface area contributed by atoms with Crippen molar-refractivity contribution in [2.45, 2.75) is 106 Å². The highest BCUT2D eigenvalue weighted by Crippen LogP contribution is 2.45. The Labute approximate surface area is 304 Å². The molecular formula is C46H54N4O. The van der Waals surface area contributed by atoms with Crippen LogP contribution in [0.2, 0.25) is 0 Å². The molecule has 0 saturated carbocycles. The largest absolute Gasteiger partial charge is 0.457 e. The molecule has 3 heterocycles. The van der Waals surface area contributed by atoms with E-state index in [0.717, 1.165) is 53.3 Å². The second-order valence-electron chi connectivity index (χ2n) is 15.7. The quantitative estimate of drug-likeness (QED) is 0.135. The summed E-state index contributed by atoms with van der Waals surface area (Å²) in [4.78, 5) is 4.78. The van der Waals surface area contributed by atoms with Crippen LogP contribution in [0.5, 0.6) is 11.5 Å². The molecule has 1 unspecified atom stereocenters. The van der Waals surface area contributed by atoms with Crippen molar-refractivity contribution in [3.05, 3.63) is 119 Å². The lowest BCUT2D eigenvalue weighted by molar-refractivity contribution is 0.388. The molecule has 3 atom stereocenters. The van der Waals surface area contributed by atoms with Crippen LogP contribution in [0, 0.1) is 18.8 Å². The third kappa shape index (κ3) is 6.64.